The Morgan fingerprint density at radius 1 is 1.28 bits per heavy atom. The van der Waals surface area contributed by atoms with E-state index < -0.39 is 5.91 Å². The summed E-state index contributed by atoms with van der Waals surface area (Å²) in [6.45, 7) is 1.75. The van der Waals surface area contributed by atoms with E-state index in [-0.39, 0.29) is 5.78 Å². The normalized spacial score (nSPS) is 10.3. The molecule has 0 atom stereocenters. The first-order chi connectivity index (χ1) is 8.63. The molecule has 18 heavy (non-hydrogen) atoms. The summed E-state index contributed by atoms with van der Waals surface area (Å²) in [7, 11) is 0. The molecule has 92 valence electrons. The van der Waals surface area contributed by atoms with Gasteiger partial charge in [-0.05, 0) is 18.2 Å². The number of carbonyl (C=O) groups is 2. The van der Waals surface area contributed by atoms with Gasteiger partial charge in [0.25, 0.3) is 0 Å². The lowest BCUT2D eigenvalue weighted by molar-refractivity contribution is 0.0987. The Balaban J connectivity index is 2.59. The Morgan fingerprint density at radius 3 is 2.50 bits per heavy atom. The van der Waals surface area contributed by atoms with Gasteiger partial charge in [0.2, 0.25) is 5.91 Å². The van der Waals surface area contributed by atoms with Crippen LogP contribution in [-0.2, 0) is 0 Å². The number of Topliss-reactive ketones (excluding diaryl/α,β-unsaturated/α-hetero) is 1. The van der Waals surface area contributed by atoms with Crippen molar-refractivity contribution in [1.82, 2.24) is 15.0 Å². The van der Waals surface area contributed by atoms with Crippen LogP contribution in [0, 0.1) is 0 Å². The van der Waals surface area contributed by atoms with Gasteiger partial charge in [-0.3, -0.25) is 9.59 Å². The van der Waals surface area contributed by atoms with Gasteiger partial charge in [-0.2, -0.15) is 15.0 Å². The number of primary amides is 1. The number of nitrogens with zero attached hydrogens (tertiary/aromatic N) is 3. The average molecular weight is 244 g/mol. The van der Waals surface area contributed by atoms with Crippen LogP contribution >= 0.6 is 0 Å². The van der Waals surface area contributed by atoms with Gasteiger partial charge in [0, 0.05) is 17.5 Å². The van der Waals surface area contributed by atoms with Crippen molar-refractivity contribution >= 4 is 11.7 Å². The highest BCUT2D eigenvalue weighted by atomic mass is 16.1. The molecule has 0 aliphatic rings. The monoisotopic (exact) mass is 244 g/mol. The molecule has 0 fully saturated rings. The van der Waals surface area contributed by atoms with Gasteiger partial charge in [0.15, 0.2) is 5.78 Å². The molecule has 0 saturated heterocycles. The van der Waals surface area contributed by atoms with Crippen LogP contribution in [0.1, 0.15) is 34.1 Å². The van der Waals surface area contributed by atoms with Gasteiger partial charge in [-0.25, -0.2) is 0 Å². The Labute approximate surface area is 103 Å². The lowest BCUT2D eigenvalue weighted by Gasteiger charge is -2.08. The molecule has 0 bridgehead atoms. The first-order valence-corrected chi connectivity index (χ1v) is 5.47. The van der Waals surface area contributed by atoms with Crippen molar-refractivity contribution in [3.8, 4) is 5.69 Å². The van der Waals surface area contributed by atoms with Crippen molar-refractivity contribution < 1.29 is 9.59 Å². The number of rotatable bonds is 4. The molecule has 0 aliphatic heterocycles. The number of ketones is 1. The number of amides is 1. The molecular formula is C12H12N4O2. The summed E-state index contributed by atoms with van der Waals surface area (Å²) in [6.07, 6.45) is 3.36. The number of benzene rings is 1. The van der Waals surface area contributed by atoms with Crippen LogP contribution < -0.4 is 5.73 Å². The van der Waals surface area contributed by atoms with Crippen molar-refractivity contribution in [2.75, 3.05) is 0 Å². The maximum absolute atomic E-state index is 11.9. The lowest BCUT2D eigenvalue weighted by atomic mass is 10.0. The number of carbonyl (C=O) groups excluding carboxylic acids is 2. The van der Waals surface area contributed by atoms with Crippen molar-refractivity contribution in [3.05, 3.63) is 41.7 Å². The van der Waals surface area contributed by atoms with Gasteiger partial charge < -0.3 is 5.73 Å². The fraction of sp³-hybridized carbons (Fsp3) is 0.167. The zero-order valence-corrected chi connectivity index (χ0v) is 9.83. The van der Waals surface area contributed by atoms with Crippen molar-refractivity contribution in [1.29, 1.82) is 0 Å². The molecule has 0 saturated carbocycles. The minimum Gasteiger partial charge on any atom is -0.366 e. The Bertz CT molecular complexity index is 590. The zero-order chi connectivity index (χ0) is 13.1. The van der Waals surface area contributed by atoms with Crippen LogP contribution in [0.3, 0.4) is 0 Å². The maximum Gasteiger partial charge on any atom is 0.248 e. The minimum absolute atomic E-state index is 0.0922. The van der Waals surface area contributed by atoms with Gasteiger partial charge >= 0.3 is 0 Å². The third kappa shape index (κ3) is 2.13. The second-order valence-electron chi connectivity index (χ2n) is 3.69. The maximum atomic E-state index is 11.9. The number of hydrogen-bond acceptors (Lipinski definition) is 4. The summed E-state index contributed by atoms with van der Waals surface area (Å²) in [6, 6.07) is 4.64. The summed E-state index contributed by atoms with van der Waals surface area (Å²) >= 11 is 0. The highest BCUT2D eigenvalue weighted by Gasteiger charge is 2.14. The van der Waals surface area contributed by atoms with E-state index in [0.717, 1.165) is 0 Å². The van der Waals surface area contributed by atoms with Crippen LogP contribution in [0.5, 0.6) is 0 Å². The molecule has 2 rings (SSSR count). The molecule has 1 heterocycles. The van der Waals surface area contributed by atoms with Crippen molar-refractivity contribution in [2.24, 2.45) is 5.73 Å². The van der Waals surface area contributed by atoms with Crippen LogP contribution in [0.4, 0.5) is 0 Å². The van der Waals surface area contributed by atoms with Crippen LogP contribution in [-0.4, -0.2) is 26.7 Å². The molecule has 0 radical (unpaired) electrons. The fourth-order valence-electron chi connectivity index (χ4n) is 1.62. The van der Waals surface area contributed by atoms with Crippen LogP contribution in [0.15, 0.2) is 30.6 Å². The topological polar surface area (TPSA) is 90.9 Å². The lowest BCUT2D eigenvalue weighted by Crippen LogP contribution is -2.14. The standard InChI is InChI=1S/C12H12N4O2/c1-2-11(17)9-7-8(12(13)18)3-4-10(9)16-14-5-6-15-16/h3-7H,2H2,1H3,(H2,13,18). The molecule has 0 spiro atoms. The zero-order valence-electron chi connectivity index (χ0n) is 9.83. The highest BCUT2D eigenvalue weighted by Crippen LogP contribution is 2.17. The Morgan fingerprint density at radius 2 is 1.94 bits per heavy atom. The molecule has 6 heteroatoms. The van der Waals surface area contributed by atoms with E-state index in [1.165, 1.54) is 23.3 Å². The van der Waals surface area contributed by atoms with E-state index in [4.69, 9.17) is 5.73 Å². The van der Waals surface area contributed by atoms with E-state index in [1.807, 2.05) is 0 Å². The Hall–Kier alpha value is -2.50. The number of hydrogen-bond donors (Lipinski definition) is 1. The van der Waals surface area contributed by atoms with Crippen molar-refractivity contribution in [2.45, 2.75) is 13.3 Å². The highest BCUT2D eigenvalue weighted by molar-refractivity contribution is 6.02. The van der Waals surface area contributed by atoms with Crippen LogP contribution in [0.25, 0.3) is 5.69 Å². The predicted molar refractivity (Wildman–Crippen MR) is 64.5 cm³/mol. The second kappa shape index (κ2) is 4.79. The SMILES string of the molecule is CCC(=O)c1cc(C(N)=O)ccc1-n1nccn1. The first-order valence-electron chi connectivity index (χ1n) is 5.47. The average Bonchev–Trinajstić information content (AvgIpc) is 2.90. The molecule has 0 unspecified atom stereocenters. The smallest absolute Gasteiger partial charge is 0.248 e. The largest absolute Gasteiger partial charge is 0.366 e. The summed E-state index contributed by atoms with van der Waals surface area (Å²) in [5, 5.41) is 7.95. The van der Waals surface area contributed by atoms with E-state index in [0.29, 0.717) is 23.2 Å². The minimum atomic E-state index is -0.569. The summed E-state index contributed by atoms with van der Waals surface area (Å²) in [4.78, 5) is 24.4. The van der Waals surface area contributed by atoms with Gasteiger partial charge in [-0.15, -0.1) is 0 Å². The third-order valence-electron chi connectivity index (χ3n) is 2.54. The molecule has 1 aromatic heterocycles. The van der Waals surface area contributed by atoms with Gasteiger partial charge in [-0.1, -0.05) is 6.92 Å². The fourth-order valence-corrected chi connectivity index (χ4v) is 1.62. The molecule has 6 nitrogen and oxygen atoms in total. The number of nitrogens with two attached hydrogens (primary N) is 1. The number of aromatic nitrogens is 3. The molecule has 2 aromatic rings. The summed E-state index contributed by atoms with van der Waals surface area (Å²) < 4.78 is 0. The van der Waals surface area contributed by atoms with Gasteiger partial charge in [0.05, 0.1) is 18.1 Å². The quantitative estimate of drug-likeness (QED) is 0.811. The van der Waals surface area contributed by atoms with E-state index in [1.54, 1.807) is 19.1 Å². The Kier molecular flexibility index (Phi) is 3.18. The third-order valence-corrected chi connectivity index (χ3v) is 2.54. The van der Waals surface area contributed by atoms with Crippen molar-refractivity contribution in [3.63, 3.8) is 0 Å². The van der Waals surface area contributed by atoms with Gasteiger partial charge in [0.1, 0.15) is 0 Å². The summed E-state index contributed by atoms with van der Waals surface area (Å²) in [5.41, 5.74) is 6.43. The molecule has 1 aromatic carbocycles. The van der Waals surface area contributed by atoms with E-state index in [2.05, 4.69) is 10.2 Å². The van der Waals surface area contributed by atoms with E-state index >= 15 is 0 Å². The van der Waals surface area contributed by atoms with E-state index in [9.17, 15) is 9.59 Å². The first kappa shape index (κ1) is 12.0. The molecule has 2 N–H and O–H groups in total. The molecule has 1 amide bonds. The predicted octanol–water partition coefficient (Wildman–Crippen LogP) is 0.959. The molecule has 0 aliphatic carbocycles. The molecular weight excluding hydrogens is 232 g/mol. The summed E-state index contributed by atoms with van der Waals surface area (Å²) in [5.74, 6) is -0.662. The van der Waals surface area contributed by atoms with Crippen LogP contribution in [0.2, 0.25) is 0 Å². The second-order valence-corrected chi connectivity index (χ2v) is 3.69.